The van der Waals surface area contributed by atoms with E-state index in [0.717, 1.165) is 31.7 Å². The number of piperazine rings is 1. The van der Waals surface area contributed by atoms with E-state index in [4.69, 9.17) is 4.42 Å². The van der Waals surface area contributed by atoms with E-state index in [1.54, 1.807) is 25.3 Å². The molecule has 116 valence electrons. The number of nitrogens with one attached hydrogen (secondary N) is 1. The zero-order valence-corrected chi connectivity index (χ0v) is 12.5. The number of benzene rings is 1. The fourth-order valence-corrected chi connectivity index (χ4v) is 2.67. The molecule has 2 heterocycles. The van der Waals surface area contributed by atoms with Gasteiger partial charge in [0.15, 0.2) is 12.3 Å². The maximum Gasteiger partial charge on any atom is 0.250 e. The molecule has 5 nitrogen and oxygen atoms in total. The predicted molar refractivity (Wildman–Crippen MR) is 78.6 cm³/mol. The van der Waals surface area contributed by atoms with Crippen LogP contribution in [0.4, 0.5) is 4.39 Å². The minimum atomic E-state index is -0.267. The molecule has 0 spiro atoms. The Morgan fingerprint density at radius 3 is 2.64 bits per heavy atom. The van der Waals surface area contributed by atoms with E-state index in [9.17, 15) is 9.18 Å². The van der Waals surface area contributed by atoms with Gasteiger partial charge in [0, 0.05) is 12.5 Å². The molecule has 6 heteroatoms. The fourth-order valence-electron chi connectivity index (χ4n) is 2.67. The third-order valence-corrected chi connectivity index (χ3v) is 4.00. The SMILES string of the molecule is CC(=O)N1CC[NH+](Cc2ncc(-c3ccc(F)cc3)o2)CC1. The quantitative estimate of drug-likeness (QED) is 0.909. The molecule has 1 N–H and O–H groups in total. The van der Waals surface area contributed by atoms with Gasteiger partial charge in [-0.2, -0.15) is 0 Å². The Bertz CT molecular complexity index is 646. The van der Waals surface area contributed by atoms with Crippen LogP contribution in [0.15, 0.2) is 34.9 Å². The van der Waals surface area contributed by atoms with Gasteiger partial charge in [-0.1, -0.05) is 0 Å². The van der Waals surface area contributed by atoms with Gasteiger partial charge in [-0.05, 0) is 24.3 Å². The Morgan fingerprint density at radius 1 is 1.32 bits per heavy atom. The standard InChI is InChI=1S/C16H18FN3O2/c1-12(21)20-8-6-19(7-9-20)11-16-18-10-15(22-16)13-2-4-14(17)5-3-13/h2-5,10H,6-9,11H2,1H3/p+1. The Morgan fingerprint density at radius 2 is 2.00 bits per heavy atom. The van der Waals surface area contributed by atoms with Gasteiger partial charge in [0.25, 0.3) is 5.89 Å². The summed E-state index contributed by atoms with van der Waals surface area (Å²) in [6.07, 6.45) is 1.67. The summed E-state index contributed by atoms with van der Waals surface area (Å²) in [4.78, 5) is 18.8. The second-order valence-electron chi connectivity index (χ2n) is 5.56. The molecule has 3 rings (SSSR count). The van der Waals surface area contributed by atoms with E-state index < -0.39 is 0 Å². The smallest absolute Gasteiger partial charge is 0.250 e. The van der Waals surface area contributed by atoms with Crippen LogP contribution in [-0.4, -0.2) is 42.0 Å². The maximum atomic E-state index is 12.9. The number of hydrogen-bond acceptors (Lipinski definition) is 3. The zero-order chi connectivity index (χ0) is 15.5. The van der Waals surface area contributed by atoms with Crippen molar-refractivity contribution in [3.05, 3.63) is 42.2 Å². The lowest BCUT2D eigenvalue weighted by Crippen LogP contribution is -3.13. The number of halogens is 1. The Kier molecular flexibility index (Phi) is 4.20. The van der Waals surface area contributed by atoms with Crippen LogP contribution in [0, 0.1) is 5.82 Å². The second-order valence-corrected chi connectivity index (χ2v) is 5.56. The molecule has 0 saturated carbocycles. The van der Waals surface area contributed by atoms with Crippen LogP contribution in [0.3, 0.4) is 0 Å². The van der Waals surface area contributed by atoms with Crippen molar-refractivity contribution in [1.82, 2.24) is 9.88 Å². The molecule has 1 aliphatic rings. The summed E-state index contributed by atoms with van der Waals surface area (Å²) in [7, 11) is 0. The first kappa shape index (κ1) is 14.7. The van der Waals surface area contributed by atoms with Crippen molar-refractivity contribution >= 4 is 5.91 Å². The van der Waals surface area contributed by atoms with Crippen molar-refractivity contribution < 1.29 is 18.5 Å². The summed E-state index contributed by atoms with van der Waals surface area (Å²) in [5.41, 5.74) is 0.816. The lowest BCUT2D eigenvalue weighted by atomic mass is 10.2. The lowest BCUT2D eigenvalue weighted by molar-refractivity contribution is -0.918. The molecular weight excluding hydrogens is 285 g/mol. The molecule has 0 atom stereocenters. The molecule has 1 aliphatic heterocycles. The molecule has 1 aromatic carbocycles. The van der Waals surface area contributed by atoms with Gasteiger partial charge in [-0.15, -0.1) is 0 Å². The van der Waals surface area contributed by atoms with E-state index in [-0.39, 0.29) is 11.7 Å². The van der Waals surface area contributed by atoms with Crippen molar-refractivity contribution in [3.8, 4) is 11.3 Å². The van der Waals surface area contributed by atoms with Crippen molar-refractivity contribution in [2.24, 2.45) is 0 Å². The normalized spacial score (nSPS) is 16.0. The number of hydrogen-bond donors (Lipinski definition) is 1. The highest BCUT2D eigenvalue weighted by molar-refractivity contribution is 5.73. The third-order valence-electron chi connectivity index (χ3n) is 4.00. The molecule has 1 saturated heterocycles. The van der Waals surface area contributed by atoms with Gasteiger partial charge < -0.3 is 14.2 Å². The lowest BCUT2D eigenvalue weighted by Gasteiger charge is -2.30. The van der Waals surface area contributed by atoms with Crippen molar-refractivity contribution in [3.63, 3.8) is 0 Å². The summed E-state index contributed by atoms with van der Waals surface area (Å²) >= 11 is 0. The molecule has 1 aromatic heterocycles. The third kappa shape index (κ3) is 3.33. The predicted octanol–water partition coefficient (Wildman–Crippen LogP) is 0.728. The minimum Gasteiger partial charge on any atom is -0.435 e. The van der Waals surface area contributed by atoms with Gasteiger partial charge in [0.05, 0.1) is 32.4 Å². The number of carbonyl (C=O) groups is 1. The summed E-state index contributed by atoms with van der Waals surface area (Å²) in [6, 6.07) is 6.17. The number of oxazole rings is 1. The molecule has 0 aliphatic carbocycles. The van der Waals surface area contributed by atoms with E-state index in [2.05, 4.69) is 4.98 Å². The summed E-state index contributed by atoms with van der Waals surface area (Å²) < 4.78 is 18.7. The zero-order valence-electron chi connectivity index (χ0n) is 12.5. The van der Waals surface area contributed by atoms with E-state index in [0.29, 0.717) is 18.2 Å². The first-order valence-corrected chi connectivity index (χ1v) is 7.41. The average Bonchev–Trinajstić information content (AvgIpc) is 2.97. The largest absolute Gasteiger partial charge is 0.435 e. The van der Waals surface area contributed by atoms with Gasteiger partial charge >= 0.3 is 0 Å². The van der Waals surface area contributed by atoms with Gasteiger partial charge in [-0.25, -0.2) is 9.37 Å². The Balaban J connectivity index is 1.60. The number of quaternary nitrogens is 1. The van der Waals surface area contributed by atoms with Crippen LogP contribution in [-0.2, 0) is 11.3 Å². The molecule has 1 fully saturated rings. The highest BCUT2D eigenvalue weighted by Gasteiger charge is 2.23. The number of aromatic nitrogens is 1. The topological polar surface area (TPSA) is 50.8 Å². The summed E-state index contributed by atoms with van der Waals surface area (Å²) in [5.74, 6) is 1.19. The number of carbonyl (C=O) groups excluding carboxylic acids is 1. The molecule has 22 heavy (non-hydrogen) atoms. The summed E-state index contributed by atoms with van der Waals surface area (Å²) in [5, 5.41) is 0. The average molecular weight is 304 g/mol. The van der Waals surface area contributed by atoms with E-state index in [1.165, 1.54) is 17.0 Å². The Labute approximate surface area is 128 Å². The minimum absolute atomic E-state index is 0.133. The number of amides is 1. The van der Waals surface area contributed by atoms with E-state index in [1.807, 2.05) is 4.90 Å². The fraction of sp³-hybridized carbons (Fsp3) is 0.375. The highest BCUT2D eigenvalue weighted by atomic mass is 19.1. The first-order chi connectivity index (χ1) is 10.6. The van der Waals surface area contributed by atoms with Crippen molar-refractivity contribution in [2.45, 2.75) is 13.5 Å². The monoisotopic (exact) mass is 304 g/mol. The van der Waals surface area contributed by atoms with Gasteiger partial charge in [-0.3, -0.25) is 4.79 Å². The van der Waals surface area contributed by atoms with Crippen LogP contribution in [0.25, 0.3) is 11.3 Å². The maximum absolute atomic E-state index is 12.9. The first-order valence-electron chi connectivity index (χ1n) is 7.41. The van der Waals surface area contributed by atoms with E-state index >= 15 is 0 Å². The highest BCUT2D eigenvalue weighted by Crippen LogP contribution is 2.20. The molecule has 0 bridgehead atoms. The van der Waals surface area contributed by atoms with Crippen LogP contribution in [0.2, 0.25) is 0 Å². The van der Waals surface area contributed by atoms with Gasteiger partial charge in [0.2, 0.25) is 5.91 Å². The summed E-state index contributed by atoms with van der Waals surface area (Å²) in [6.45, 7) is 5.65. The molecule has 0 radical (unpaired) electrons. The van der Waals surface area contributed by atoms with Crippen LogP contribution in [0.1, 0.15) is 12.8 Å². The van der Waals surface area contributed by atoms with Gasteiger partial charge in [0.1, 0.15) is 5.82 Å². The van der Waals surface area contributed by atoms with Crippen molar-refractivity contribution in [1.29, 1.82) is 0 Å². The van der Waals surface area contributed by atoms with Crippen molar-refractivity contribution in [2.75, 3.05) is 26.2 Å². The molecule has 1 amide bonds. The molecule has 2 aromatic rings. The van der Waals surface area contributed by atoms with Crippen LogP contribution in [0.5, 0.6) is 0 Å². The van der Waals surface area contributed by atoms with Crippen LogP contribution >= 0.6 is 0 Å². The molecular formula is C16H19FN3O2+. The number of rotatable bonds is 3. The van der Waals surface area contributed by atoms with Crippen LogP contribution < -0.4 is 4.90 Å². The number of nitrogens with zero attached hydrogens (tertiary/aromatic N) is 2. The Hall–Kier alpha value is -2.21. The molecule has 0 unspecified atom stereocenters. The second kappa shape index (κ2) is 6.27.